The molecule has 0 saturated heterocycles. The van der Waals surface area contributed by atoms with Crippen LogP contribution in [-0.2, 0) is 0 Å². The van der Waals surface area contributed by atoms with E-state index in [-0.39, 0.29) is 10.6 Å². The summed E-state index contributed by atoms with van der Waals surface area (Å²) in [4.78, 5) is 12.0. The molecule has 1 aromatic rings. The fourth-order valence-electron chi connectivity index (χ4n) is 1.05. The molecule has 0 spiro atoms. The Balaban J connectivity index is 3.23. The quantitative estimate of drug-likeness (QED) is 0.510. The van der Waals surface area contributed by atoms with Crippen molar-refractivity contribution in [3.05, 3.63) is 29.3 Å². The number of Topliss-reactive ketones (excluding diaryl/α,β-unsaturated/α-hetero) is 1. The highest BCUT2D eigenvalue weighted by atomic mass is 79.9. The third-order valence-electron chi connectivity index (χ3n) is 1.75. The number of rotatable bonds is 2. The van der Waals surface area contributed by atoms with E-state index in [4.69, 9.17) is 5.26 Å². The first-order valence-electron chi connectivity index (χ1n) is 3.97. The first-order chi connectivity index (χ1) is 6.56. The van der Waals surface area contributed by atoms with Gasteiger partial charge in [-0.25, -0.2) is 0 Å². The summed E-state index contributed by atoms with van der Waals surface area (Å²) in [5.41, 5.74) is 0.809. The summed E-state index contributed by atoms with van der Waals surface area (Å²) in [5.74, 6) is -0.0881. The van der Waals surface area contributed by atoms with E-state index in [0.29, 0.717) is 16.0 Å². The van der Waals surface area contributed by atoms with E-state index in [0.717, 1.165) is 0 Å². The molecule has 0 aliphatic heterocycles. The second kappa shape index (κ2) is 4.63. The maximum atomic E-state index is 11.6. The van der Waals surface area contributed by atoms with Crippen molar-refractivity contribution in [1.82, 2.24) is 0 Å². The fraction of sp³-hybridized carbons (Fsp3) is 0.200. The van der Waals surface area contributed by atoms with Gasteiger partial charge < -0.3 is 0 Å². The van der Waals surface area contributed by atoms with Crippen molar-refractivity contribution < 1.29 is 4.79 Å². The van der Waals surface area contributed by atoms with E-state index < -0.39 is 0 Å². The van der Waals surface area contributed by atoms with Gasteiger partial charge in [-0.05, 0) is 25.1 Å². The van der Waals surface area contributed by atoms with Gasteiger partial charge in [0.1, 0.15) is 0 Å². The van der Waals surface area contributed by atoms with E-state index in [1.807, 2.05) is 6.07 Å². The van der Waals surface area contributed by atoms with Gasteiger partial charge in [-0.2, -0.15) is 5.26 Å². The van der Waals surface area contributed by atoms with E-state index in [1.165, 1.54) is 0 Å². The van der Waals surface area contributed by atoms with Crippen LogP contribution in [0.15, 0.2) is 23.1 Å². The minimum absolute atomic E-state index is 0.0881. The van der Waals surface area contributed by atoms with E-state index in [2.05, 4.69) is 28.6 Å². The number of alkyl halides is 1. The summed E-state index contributed by atoms with van der Waals surface area (Å²) in [5, 5.41) is 8.82. The molecule has 72 valence electrons. The molecule has 0 saturated carbocycles. The Labute approximate surface area is 96.5 Å². The maximum Gasteiger partial charge on any atom is 0.177 e. The number of benzene rings is 1. The summed E-state index contributed by atoms with van der Waals surface area (Å²) < 4.78 is 0. The number of thiol groups is 1. The minimum atomic E-state index is -0.277. The number of hydrogen-bond donors (Lipinski definition) is 1. The molecule has 0 bridgehead atoms. The van der Waals surface area contributed by atoms with Gasteiger partial charge in [0, 0.05) is 10.5 Å². The van der Waals surface area contributed by atoms with Crippen LogP contribution in [-0.4, -0.2) is 10.6 Å². The first kappa shape index (κ1) is 11.3. The largest absolute Gasteiger partial charge is 0.293 e. The molecule has 0 amide bonds. The number of carbonyl (C=O) groups is 1. The van der Waals surface area contributed by atoms with Gasteiger partial charge in [0.05, 0.1) is 16.5 Å². The van der Waals surface area contributed by atoms with E-state index in [1.54, 1.807) is 25.1 Å². The Hall–Kier alpha value is -0.790. The molecule has 1 atom stereocenters. The summed E-state index contributed by atoms with van der Waals surface area (Å²) in [6.07, 6.45) is 0. The molecule has 0 aliphatic rings. The van der Waals surface area contributed by atoms with Crippen LogP contribution >= 0.6 is 28.6 Å². The predicted octanol–water partition coefficient (Wildman–Crippen LogP) is 2.81. The lowest BCUT2D eigenvalue weighted by Gasteiger charge is -2.05. The topological polar surface area (TPSA) is 40.9 Å². The smallest absolute Gasteiger partial charge is 0.177 e. The van der Waals surface area contributed by atoms with Gasteiger partial charge in [0.15, 0.2) is 5.78 Å². The third-order valence-corrected chi connectivity index (χ3v) is 2.44. The van der Waals surface area contributed by atoms with Gasteiger partial charge in [0.2, 0.25) is 0 Å². The van der Waals surface area contributed by atoms with Crippen LogP contribution in [0.1, 0.15) is 22.8 Å². The number of nitriles is 1. The lowest BCUT2D eigenvalue weighted by atomic mass is 10.0. The molecule has 14 heavy (non-hydrogen) atoms. The monoisotopic (exact) mass is 269 g/mol. The fourth-order valence-corrected chi connectivity index (χ4v) is 1.50. The highest BCUT2D eigenvalue weighted by Gasteiger charge is 2.15. The number of ketones is 1. The van der Waals surface area contributed by atoms with Gasteiger partial charge in [-0.15, -0.1) is 12.6 Å². The van der Waals surface area contributed by atoms with Crippen molar-refractivity contribution >= 4 is 34.3 Å². The Kier molecular flexibility index (Phi) is 3.73. The Morgan fingerprint density at radius 3 is 2.79 bits per heavy atom. The lowest BCUT2D eigenvalue weighted by molar-refractivity contribution is 0.0995. The standard InChI is InChI=1S/C10H8BrNOS/c1-6(11)10(13)9-3-2-8(14)4-7(9)5-12/h2-4,6,14H,1H3. The summed E-state index contributed by atoms with van der Waals surface area (Å²) in [7, 11) is 0. The number of hydrogen-bond acceptors (Lipinski definition) is 3. The number of carbonyl (C=O) groups excluding carboxylic acids is 1. The van der Waals surface area contributed by atoms with Crippen LogP contribution < -0.4 is 0 Å². The zero-order chi connectivity index (χ0) is 10.7. The Morgan fingerprint density at radius 2 is 2.29 bits per heavy atom. The van der Waals surface area contributed by atoms with Gasteiger partial charge in [-0.3, -0.25) is 4.79 Å². The molecule has 1 unspecified atom stereocenters. The lowest BCUT2D eigenvalue weighted by Crippen LogP contribution is -2.11. The van der Waals surface area contributed by atoms with Crippen molar-refractivity contribution in [2.24, 2.45) is 0 Å². The average Bonchev–Trinajstić information content (AvgIpc) is 2.16. The molecule has 1 rings (SSSR count). The molecule has 0 radical (unpaired) electrons. The highest BCUT2D eigenvalue weighted by molar-refractivity contribution is 9.10. The van der Waals surface area contributed by atoms with Crippen molar-refractivity contribution in [3.63, 3.8) is 0 Å². The van der Waals surface area contributed by atoms with Crippen LogP contribution in [0, 0.1) is 11.3 Å². The molecular formula is C10H8BrNOS. The van der Waals surface area contributed by atoms with Gasteiger partial charge in [-0.1, -0.05) is 15.9 Å². The molecule has 0 aromatic heterocycles. The molecule has 2 nitrogen and oxygen atoms in total. The molecular weight excluding hydrogens is 262 g/mol. The first-order valence-corrected chi connectivity index (χ1v) is 5.34. The van der Waals surface area contributed by atoms with Gasteiger partial charge in [0.25, 0.3) is 0 Å². The summed E-state index contributed by atoms with van der Waals surface area (Å²) in [6, 6.07) is 6.90. The third kappa shape index (κ3) is 2.37. The SMILES string of the molecule is CC(Br)C(=O)c1ccc(S)cc1C#N. The Bertz CT molecular complexity index is 409. The van der Waals surface area contributed by atoms with Crippen molar-refractivity contribution in [3.8, 4) is 6.07 Å². The highest BCUT2D eigenvalue weighted by Crippen LogP contribution is 2.17. The normalized spacial score (nSPS) is 11.9. The summed E-state index contributed by atoms with van der Waals surface area (Å²) >= 11 is 7.28. The molecule has 0 fully saturated rings. The van der Waals surface area contributed by atoms with Gasteiger partial charge >= 0.3 is 0 Å². The van der Waals surface area contributed by atoms with Crippen LogP contribution in [0.4, 0.5) is 0 Å². The van der Waals surface area contributed by atoms with Crippen molar-refractivity contribution in [1.29, 1.82) is 5.26 Å². The average molecular weight is 270 g/mol. The second-order valence-corrected chi connectivity index (χ2v) is 4.71. The molecule has 1 aromatic carbocycles. The van der Waals surface area contributed by atoms with Crippen LogP contribution in [0.5, 0.6) is 0 Å². The van der Waals surface area contributed by atoms with Crippen LogP contribution in [0.3, 0.4) is 0 Å². The van der Waals surface area contributed by atoms with Crippen molar-refractivity contribution in [2.45, 2.75) is 16.6 Å². The predicted molar refractivity (Wildman–Crippen MR) is 61.1 cm³/mol. The Morgan fingerprint density at radius 1 is 1.64 bits per heavy atom. The maximum absolute atomic E-state index is 11.6. The van der Waals surface area contributed by atoms with E-state index >= 15 is 0 Å². The zero-order valence-electron chi connectivity index (χ0n) is 7.49. The number of halogens is 1. The second-order valence-electron chi connectivity index (χ2n) is 2.82. The van der Waals surface area contributed by atoms with E-state index in [9.17, 15) is 4.79 Å². The minimum Gasteiger partial charge on any atom is -0.293 e. The van der Waals surface area contributed by atoms with Crippen LogP contribution in [0.2, 0.25) is 0 Å². The van der Waals surface area contributed by atoms with Crippen LogP contribution in [0.25, 0.3) is 0 Å². The molecule has 4 heteroatoms. The summed E-state index contributed by atoms with van der Waals surface area (Å²) in [6.45, 7) is 1.73. The molecule has 0 heterocycles. The molecule has 0 N–H and O–H groups in total. The molecule has 0 aliphatic carbocycles. The zero-order valence-corrected chi connectivity index (χ0v) is 9.97. The van der Waals surface area contributed by atoms with Crippen molar-refractivity contribution in [2.75, 3.05) is 0 Å². The number of nitrogens with zero attached hydrogens (tertiary/aromatic N) is 1.